The van der Waals surface area contributed by atoms with Gasteiger partial charge in [-0.2, -0.15) is 0 Å². The maximum absolute atomic E-state index is 13.9. The van der Waals surface area contributed by atoms with E-state index in [0.717, 1.165) is 0 Å². The molecular formula is C21H21ClF3N3O. The molecule has 0 aliphatic heterocycles. The van der Waals surface area contributed by atoms with Gasteiger partial charge in [-0.15, -0.1) is 13.2 Å². The minimum absolute atomic E-state index is 0.0105. The van der Waals surface area contributed by atoms with Crippen molar-refractivity contribution in [1.82, 2.24) is 14.3 Å². The Bertz CT molecular complexity index is 983. The molecule has 8 heteroatoms. The fourth-order valence-electron chi connectivity index (χ4n) is 3.40. The number of carbonyl (C=O) groups excluding carboxylic acids is 1. The van der Waals surface area contributed by atoms with Gasteiger partial charge < -0.3 is 0 Å². The van der Waals surface area contributed by atoms with E-state index >= 15 is 0 Å². The van der Waals surface area contributed by atoms with E-state index < -0.39 is 24.7 Å². The average Bonchev–Trinajstić information content (AvgIpc) is 3.12. The standard InChI is InChI=1S/C21H21ClF3N3O/c1-14(2)12-16(15-6-8-17(22)9-7-15)13-28(21(23,24)25)20(29)18-4-3-5-19-26-10-11-27(18)19/h3-11,14,16H,12-13H2,1-2H3. The van der Waals surface area contributed by atoms with Gasteiger partial charge in [0.25, 0.3) is 5.91 Å². The molecule has 0 spiro atoms. The highest BCUT2D eigenvalue weighted by molar-refractivity contribution is 6.30. The molecule has 0 aliphatic rings. The number of carbonyl (C=O) groups is 1. The molecule has 0 aliphatic carbocycles. The summed E-state index contributed by atoms with van der Waals surface area (Å²) in [5.74, 6) is -1.44. The van der Waals surface area contributed by atoms with Crippen molar-refractivity contribution in [3.63, 3.8) is 0 Å². The van der Waals surface area contributed by atoms with Crippen molar-refractivity contribution in [1.29, 1.82) is 0 Å². The highest BCUT2D eigenvalue weighted by Gasteiger charge is 2.43. The Morgan fingerprint density at radius 1 is 1.17 bits per heavy atom. The van der Waals surface area contributed by atoms with Crippen molar-refractivity contribution in [3.8, 4) is 0 Å². The van der Waals surface area contributed by atoms with Crippen molar-refractivity contribution < 1.29 is 18.0 Å². The van der Waals surface area contributed by atoms with Crippen LogP contribution in [0.15, 0.2) is 54.9 Å². The minimum Gasteiger partial charge on any atom is -0.295 e. The lowest BCUT2D eigenvalue weighted by atomic mass is 9.90. The molecule has 4 nitrogen and oxygen atoms in total. The van der Waals surface area contributed by atoms with E-state index in [1.54, 1.807) is 30.3 Å². The molecule has 1 atom stereocenters. The summed E-state index contributed by atoms with van der Waals surface area (Å²) in [6, 6.07) is 11.2. The third-order valence-corrected chi connectivity index (χ3v) is 4.95. The summed E-state index contributed by atoms with van der Waals surface area (Å²) < 4.78 is 43.1. The van der Waals surface area contributed by atoms with Crippen LogP contribution in [0.5, 0.6) is 0 Å². The van der Waals surface area contributed by atoms with Gasteiger partial charge in [-0.25, -0.2) is 9.88 Å². The van der Waals surface area contributed by atoms with Crippen LogP contribution in [0, 0.1) is 5.92 Å². The van der Waals surface area contributed by atoms with Crippen molar-refractivity contribution in [3.05, 3.63) is 71.1 Å². The van der Waals surface area contributed by atoms with Crippen molar-refractivity contribution in [2.24, 2.45) is 5.92 Å². The third-order valence-electron chi connectivity index (χ3n) is 4.70. The number of hydrogen-bond donors (Lipinski definition) is 0. The largest absolute Gasteiger partial charge is 0.487 e. The summed E-state index contributed by atoms with van der Waals surface area (Å²) in [5.41, 5.74) is 1.04. The van der Waals surface area contributed by atoms with Crippen LogP contribution in [0.4, 0.5) is 13.2 Å². The van der Waals surface area contributed by atoms with Crippen LogP contribution in [0.1, 0.15) is 42.2 Å². The lowest BCUT2D eigenvalue weighted by molar-refractivity contribution is -0.226. The molecule has 2 heterocycles. The van der Waals surface area contributed by atoms with Crippen LogP contribution in [0.2, 0.25) is 5.02 Å². The molecule has 0 N–H and O–H groups in total. The highest BCUT2D eigenvalue weighted by atomic mass is 35.5. The molecule has 0 radical (unpaired) electrons. The van der Waals surface area contributed by atoms with Gasteiger partial charge in [0.05, 0.1) is 0 Å². The van der Waals surface area contributed by atoms with Gasteiger partial charge in [-0.3, -0.25) is 9.20 Å². The van der Waals surface area contributed by atoms with E-state index in [-0.39, 0.29) is 16.5 Å². The second kappa shape index (κ2) is 8.45. The van der Waals surface area contributed by atoms with Gasteiger partial charge in [-0.1, -0.05) is 43.6 Å². The first kappa shape index (κ1) is 21.2. The minimum atomic E-state index is -4.82. The Balaban J connectivity index is 1.97. The average molecular weight is 424 g/mol. The van der Waals surface area contributed by atoms with Gasteiger partial charge in [0.1, 0.15) is 11.3 Å². The molecule has 29 heavy (non-hydrogen) atoms. The van der Waals surface area contributed by atoms with Crippen LogP contribution in [-0.2, 0) is 0 Å². The maximum atomic E-state index is 13.9. The molecule has 0 saturated carbocycles. The summed E-state index contributed by atoms with van der Waals surface area (Å²) in [4.78, 5) is 17.0. The number of rotatable bonds is 6. The fourth-order valence-corrected chi connectivity index (χ4v) is 3.53. The number of halogens is 4. The van der Waals surface area contributed by atoms with Crippen molar-refractivity contribution in [2.45, 2.75) is 32.5 Å². The molecule has 0 fully saturated rings. The lowest BCUT2D eigenvalue weighted by Crippen LogP contribution is -2.45. The van der Waals surface area contributed by atoms with Crippen LogP contribution >= 0.6 is 11.6 Å². The Kier molecular flexibility index (Phi) is 6.17. The zero-order valence-electron chi connectivity index (χ0n) is 16.0. The Hall–Kier alpha value is -2.54. The van der Waals surface area contributed by atoms with E-state index in [0.29, 0.717) is 22.7 Å². The summed E-state index contributed by atoms with van der Waals surface area (Å²) in [6.45, 7) is 3.40. The van der Waals surface area contributed by atoms with E-state index in [2.05, 4.69) is 4.98 Å². The van der Waals surface area contributed by atoms with Gasteiger partial charge in [0, 0.05) is 29.9 Å². The van der Waals surface area contributed by atoms with Crippen LogP contribution in [0.25, 0.3) is 5.65 Å². The van der Waals surface area contributed by atoms with Crippen LogP contribution < -0.4 is 0 Å². The molecule has 0 saturated heterocycles. The molecule has 0 bridgehead atoms. The molecule has 1 amide bonds. The van der Waals surface area contributed by atoms with Gasteiger partial charge in [-0.05, 0) is 42.2 Å². The second-order valence-corrected chi connectivity index (χ2v) is 7.76. The normalized spacial score (nSPS) is 13.1. The second-order valence-electron chi connectivity index (χ2n) is 7.33. The molecule has 2 aromatic heterocycles. The number of nitrogens with zero attached hydrogens (tertiary/aromatic N) is 3. The van der Waals surface area contributed by atoms with Crippen LogP contribution in [0.3, 0.4) is 0 Å². The number of amides is 1. The summed E-state index contributed by atoms with van der Waals surface area (Å²) in [5, 5.41) is 0.507. The summed E-state index contributed by atoms with van der Waals surface area (Å²) >= 11 is 5.92. The number of alkyl halides is 3. The molecule has 1 aromatic carbocycles. The van der Waals surface area contributed by atoms with Gasteiger partial charge >= 0.3 is 6.30 Å². The molecule has 154 valence electrons. The quantitative estimate of drug-likeness (QED) is 0.471. The predicted molar refractivity (Wildman–Crippen MR) is 106 cm³/mol. The Morgan fingerprint density at radius 3 is 2.48 bits per heavy atom. The molecule has 3 rings (SSSR count). The fraction of sp³-hybridized carbons (Fsp3) is 0.333. The summed E-state index contributed by atoms with van der Waals surface area (Å²) in [7, 11) is 0. The summed E-state index contributed by atoms with van der Waals surface area (Å²) in [6.07, 6.45) is -1.40. The van der Waals surface area contributed by atoms with Gasteiger partial charge in [0.15, 0.2) is 0 Å². The zero-order valence-corrected chi connectivity index (χ0v) is 16.8. The number of fused-ring (bicyclic) bond motifs is 1. The van der Waals surface area contributed by atoms with Gasteiger partial charge in [0.2, 0.25) is 0 Å². The number of pyridine rings is 1. The first-order valence-electron chi connectivity index (χ1n) is 9.23. The number of imidazole rings is 1. The number of benzene rings is 1. The molecule has 3 aromatic rings. The van der Waals surface area contributed by atoms with E-state index in [9.17, 15) is 18.0 Å². The molecule has 1 unspecified atom stereocenters. The topological polar surface area (TPSA) is 37.6 Å². The number of hydrogen-bond acceptors (Lipinski definition) is 2. The van der Waals surface area contributed by atoms with E-state index in [1.807, 2.05) is 13.8 Å². The Morgan fingerprint density at radius 2 is 1.86 bits per heavy atom. The van der Waals surface area contributed by atoms with Crippen LogP contribution in [-0.4, -0.2) is 33.0 Å². The van der Waals surface area contributed by atoms with Crippen molar-refractivity contribution >= 4 is 23.2 Å². The van der Waals surface area contributed by atoms with Crippen molar-refractivity contribution in [2.75, 3.05) is 6.54 Å². The Labute approximate surface area is 171 Å². The zero-order chi connectivity index (χ0) is 21.2. The smallest absolute Gasteiger partial charge is 0.295 e. The SMILES string of the molecule is CC(C)CC(CN(C(=O)c1cccc2nccn12)C(F)(F)F)c1ccc(Cl)cc1. The van der Waals surface area contributed by atoms with E-state index in [4.69, 9.17) is 11.6 Å². The predicted octanol–water partition coefficient (Wildman–Crippen LogP) is 5.78. The number of aromatic nitrogens is 2. The lowest BCUT2D eigenvalue weighted by Gasteiger charge is -2.30. The first-order valence-corrected chi connectivity index (χ1v) is 9.61. The van der Waals surface area contributed by atoms with E-state index in [1.165, 1.54) is 28.9 Å². The first-order chi connectivity index (χ1) is 13.7. The monoisotopic (exact) mass is 423 g/mol. The highest BCUT2D eigenvalue weighted by Crippen LogP contribution is 2.32. The third kappa shape index (κ3) is 4.90. The molecular weight excluding hydrogens is 403 g/mol. The maximum Gasteiger partial charge on any atom is 0.487 e.